The summed E-state index contributed by atoms with van der Waals surface area (Å²) in [6, 6.07) is 7.95. The summed E-state index contributed by atoms with van der Waals surface area (Å²) < 4.78 is 4.95. The number of hydrogen-bond donors (Lipinski definition) is 1. The lowest BCUT2D eigenvalue weighted by atomic mass is 10.0. The molecule has 1 atom stereocenters. The van der Waals surface area contributed by atoms with Crippen LogP contribution in [0.4, 0.5) is 0 Å². The van der Waals surface area contributed by atoms with E-state index in [0.717, 1.165) is 24.0 Å². The zero-order chi connectivity index (χ0) is 10.4. The molecule has 0 aliphatic carbocycles. The average Bonchev–Trinajstić information content (AvgIpc) is 2.18. The second-order valence-electron chi connectivity index (χ2n) is 3.51. The van der Waals surface area contributed by atoms with Gasteiger partial charge >= 0.3 is 0 Å². The van der Waals surface area contributed by atoms with Crippen LogP contribution in [0, 0.1) is 6.92 Å². The first-order valence-electron chi connectivity index (χ1n) is 4.98. The Kier molecular flexibility index (Phi) is 4.63. The molecule has 1 unspecified atom stereocenters. The number of methoxy groups -OCH3 is 1. The van der Waals surface area contributed by atoms with Crippen molar-refractivity contribution in [1.82, 2.24) is 0 Å². The van der Waals surface area contributed by atoms with Crippen molar-refractivity contribution in [3.8, 4) is 0 Å². The van der Waals surface area contributed by atoms with E-state index in [1.807, 2.05) is 31.2 Å². The minimum absolute atomic E-state index is 0.355. The van der Waals surface area contributed by atoms with E-state index in [1.165, 1.54) is 0 Å². The molecule has 0 aromatic heterocycles. The summed E-state index contributed by atoms with van der Waals surface area (Å²) in [6.45, 7) is 2.73. The third-order valence-corrected chi connectivity index (χ3v) is 2.37. The standard InChI is InChI=1S/C12H18O2/c1-10-6-3-4-7-11(10)12(13)8-5-9-14-2/h3-4,6-7,12-13H,5,8-9H2,1-2H3. The molecule has 0 fully saturated rings. The van der Waals surface area contributed by atoms with Crippen LogP contribution >= 0.6 is 0 Å². The van der Waals surface area contributed by atoms with Crippen LogP contribution in [0.3, 0.4) is 0 Å². The molecule has 14 heavy (non-hydrogen) atoms. The molecule has 78 valence electrons. The van der Waals surface area contributed by atoms with Crippen LogP contribution in [0.25, 0.3) is 0 Å². The second-order valence-corrected chi connectivity index (χ2v) is 3.51. The molecule has 1 aromatic rings. The first kappa shape index (κ1) is 11.2. The van der Waals surface area contributed by atoms with E-state index in [0.29, 0.717) is 6.61 Å². The van der Waals surface area contributed by atoms with Gasteiger partial charge in [-0.3, -0.25) is 0 Å². The predicted octanol–water partition coefficient (Wildman–Crippen LogP) is 2.46. The monoisotopic (exact) mass is 194 g/mol. The maximum Gasteiger partial charge on any atom is 0.0793 e. The number of aliphatic hydroxyl groups excluding tert-OH is 1. The number of benzene rings is 1. The topological polar surface area (TPSA) is 29.5 Å². The molecule has 0 aliphatic heterocycles. The maximum atomic E-state index is 9.87. The van der Waals surface area contributed by atoms with Crippen molar-refractivity contribution in [2.24, 2.45) is 0 Å². The minimum atomic E-state index is -0.355. The quantitative estimate of drug-likeness (QED) is 0.729. The van der Waals surface area contributed by atoms with Crippen molar-refractivity contribution in [1.29, 1.82) is 0 Å². The summed E-state index contributed by atoms with van der Waals surface area (Å²) in [5, 5.41) is 9.87. The number of aryl methyl sites for hydroxylation is 1. The zero-order valence-electron chi connectivity index (χ0n) is 8.86. The molecule has 0 saturated carbocycles. The second kappa shape index (κ2) is 5.78. The number of ether oxygens (including phenoxy) is 1. The van der Waals surface area contributed by atoms with Crippen LogP contribution in [0.2, 0.25) is 0 Å². The summed E-state index contributed by atoms with van der Waals surface area (Å²) in [4.78, 5) is 0. The highest BCUT2D eigenvalue weighted by molar-refractivity contribution is 5.27. The Labute approximate surface area is 85.5 Å². The lowest BCUT2D eigenvalue weighted by Gasteiger charge is -2.12. The van der Waals surface area contributed by atoms with Crippen molar-refractivity contribution < 1.29 is 9.84 Å². The fourth-order valence-electron chi connectivity index (χ4n) is 1.54. The molecule has 2 nitrogen and oxygen atoms in total. The molecular formula is C12H18O2. The van der Waals surface area contributed by atoms with Gasteiger partial charge in [0.25, 0.3) is 0 Å². The summed E-state index contributed by atoms with van der Waals surface area (Å²) in [6.07, 6.45) is 1.30. The third kappa shape index (κ3) is 3.13. The van der Waals surface area contributed by atoms with E-state index in [1.54, 1.807) is 7.11 Å². The Bertz CT molecular complexity index is 271. The van der Waals surface area contributed by atoms with E-state index in [2.05, 4.69) is 0 Å². The lowest BCUT2D eigenvalue weighted by Crippen LogP contribution is -2.01. The normalized spacial score (nSPS) is 12.8. The highest BCUT2D eigenvalue weighted by atomic mass is 16.5. The molecule has 0 spiro atoms. The van der Waals surface area contributed by atoms with Gasteiger partial charge in [-0.05, 0) is 30.9 Å². The Morgan fingerprint density at radius 3 is 2.71 bits per heavy atom. The highest BCUT2D eigenvalue weighted by Crippen LogP contribution is 2.21. The number of hydrogen-bond acceptors (Lipinski definition) is 2. The molecule has 0 amide bonds. The van der Waals surface area contributed by atoms with E-state index in [9.17, 15) is 5.11 Å². The van der Waals surface area contributed by atoms with Gasteiger partial charge in [0.15, 0.2) is 0 Å². The highest BCUT2D eigenvalue weighted by Gasteiger charge is 2.08. The predicted molar refractivity (Wildman–Crippen MR) is 57.2 cm³/mol. The Hall–Kier alpha value is -0.860. The SMILES string of the molecule is COCCCC(O)c1ccccc1C. The van der Waals surface area contributed by atoms with Crippen LogP contribution in [0.5, 0.6) is 0 Å². The molecule has 2 heteroatoms. The van der Waals surface area contributed by atoms with E-state index in [-0.39, 0.29) is 6.10 Å². The van der Waals surface area contributed by atoms with Crippen molar-refractivity contribution in [2.75, 3.05) is 13.7 Å². The Balaban J connectivity index is 2.51. The van der Waals surface area contributed by atoms with Gasteiger partial charge in [-0.15, -0.1) is 0 Å². The van der Waals surface area contributed by atoms with Crippen molar-refractivity contribution >= 4 is 0 Å². The molecular weight excluding hydrogens is 176 g/mol. The van der Waals surface area contributed by atoms with E-state index >= 15 is 0 Å². The number of rotatable bonds is 5. The lowest BCUT2D eigenvalue weighted by molar-refractivity contribution is 0.136. The molecule has 0 heterocycles. The number of aliphatic hydroxyl groups is 1. The molecule has 0 radical (unpaired) electrons. The molecule has 1 N–H and O–H groups in total. The van der Waals surface area contributed by atoms with Crippen molar-refractivity contribution in [2.45, 2.75) is 25.9 Å². The van der Waals surface area contributed by atoms with Crippen LogP contribution in [-0.4, -0.2) is 18.8 Å². The zero-order valence-corrected chi connectivity index (χ0v) is 8.86. The van der Waals surface area contributed by atoms with Crippen LogP contribution in [0.15, 0.2) is 24.3 Å². The first-order chi connectivity index (χ1) is 6.75. The van der Waals surface area contributed by atoms with Gasteiger partial charge < -0.3 is 9.84 Å². The van der Waals surface area contributed by atoms with Gasteiger partial charge in [0.2, 0.25) is 0 Å². The van der Waals surface area contributed by atoms with Gasteiger partial charge in [0.1, 0.15) is 0 Å². The van der Waals surface area contributed by atoms with Crippen molar-refractivity contribution in [3.63, 3.8) is 0 Å². The van der Waals surface area contributed by atoms with Gasteiger partial charge in [-0.1, -0.05) is 24.3 Å². The summed E-state index contributed by atoms with van der Waals surface area (Å²) >= 11 is 0. The fraction of sp³-hybridized carbons (Fsp3) is 0.500. The minimum Gasteiger partial charge on any atom is -0.388 e. The van der Waals surface area contributed by atoms with Crippen LogP contribution < -0.4 is 0 Å². The Morgan fingerprint density at radius 2 is 2.07 bits per heavy atom. The Morgan fingerprint density at radius 1 is 1.36 bits per heavy atom. The first-order valence-corrected chi connectivity index (χ1v) is 4.98. The van der Waals surface area contributed by atoms with Gasteiger partial charge in [-0.25, -0.2) is 0 Å². The summed E-state index contributed by atoms with van der Waals surface area (Å²) in [7, 11) is 1.68. The molecule has 0 bridgehead atoms. The van der Waals surface area contributed by atoms with Gasteiger partial charge in [-0.2, -0.15) is 0 Å². The summed E-state index contributed by atoms with van der Waals surface area (Å²) in [5.74, 6) is 0. The maximum absolute atomic E-state index is 9.87. The van der Waals surface area contributed by atoms with Gasteiger partial charge in [0.05, 0.1) is 6.10 Å². The van der Waals surface area contributed by atoms with Crippen LogP contribution in [0.1, 0.15) is 30.1 Å². The smallest absolute Gasteiger partial charge is 0.0793 e. The van der Waals surface area contributed by atoms with E-state index < -0.39 is 0 Å². The average molecular weight is 194 g/mol. The molecule has 1 aromatic carbocycles. The van der Waals surface area contributed by atoms with Gasteiger partial charge in [0, 0.05) is 13.7 Å². The molecule has 1 rings (SSSR count). The van der Waals surface area contributed by atoms with Crippen molar-refractivity contribution in [3.05, 3.63) is 35.4 Å². The van der Waals surface area contributed by atoms with Crippen LogP contribution in [-0.2, 0) is 4.74 Å². The van der Waals surface area contributed by atoms with E-state index in [4.69, 9.17) is 4.74 Å². The third-order valence-electron chi connectivity index (χ3n) is 2.37. The summed E-state index contributed by atoms with van der Waals surface area (Å²) in [5.41, 5.74) is 2.18. The fourth-order valence-corrected chi connectivity index (χ4v) is 1.54. The largest absolute Gasteiger partial charge is 0.388 e. The molecule has 0 aliphatic rings. The molecule has 0 saturated heterocycles.